The van der Waals surface area contributed by atoms with Gasteiger partial charge in [0.25, 0.3) is 0 Å². The highest BCUT2D eigenvalue weighted by Crippen LogP contribution is 2.23. The van der Waals surface area contributed by atoms with Crippen molar-refractivity contribution in [2.24, 2.45) is 5.92 Å². The first-order valence-corrected chi connectivity index (χ1v) is 9.76. The molecule has 6 nitrogen and oxygen atoms in total. The van der Waals surface area contributed by atoms with E-state index in [0.29, 0.717) is 31.1 Å². The van der Waals surface area contributed by atoms with Crippen LogP contribution in [0.1, 0.15) is 24.3 Å². The lowest BCUT2D eigenvalue weighted by Crippen LogP contribution is -2.37. The number of aryl methyl sites for hydroxylation is 1. The summed E-state index contributed by atoms with van der Waals surface area (Å²) in [5.74, 6) is 0.482. The van der Waals surface area contributed by atoms with Crippen LogP contribution in [0.4, 0.5) is 10.1 Å². The molecule has 1 aliphatic rings. The number of halogens is 1. The van der Waals surface area contributed by atoms with Crippen LogP contribution in [0.3, 0.4) is 0 Å². The highest BCUT2D eigenvalue weighted by Gasteiger charge is 2.26. The number of benzene rings is 2. The van der Waals surface area contributed by atoms with Crippen LogP contribution >= 0.6 is 0 Å². The number of nitrogens with zero attached hydrogens (tertiary/aromatic N) is 3. The summed E-state index contributed by atoms with van der Waals surface area (Å²) in [7, 11) is 0. The van der Waals surface area contributed by atoms with Crippen molar-refractivity contribution in [3.63, 3.8) is 0 Å². The maximum atomic E-state index is 14.0. The van der Waals surface area contributed by atoms with E-state index in [2.05, 4.69) is 20.4 Å². The molecule has 4 rings (SSSR count). The fourth-order valence-corrected chi connectivity index (χ4v) is 3.52. The Labute approximate surface area is 168 Å². The SMILES string of the molecule is Cc1ccc(NC(=O)C2CCN(Cc3nc(-c4ccccc4)no3)CC2)c(F)c1. The van der Waals surface area contributed by atoms with E-state index >= 15 is 0 Å². The van der Waals surface area contributed by atoms with Crippen molar-refractivity contribution in [2.75, 3.05) is 18.4 Å². The molecule has 3 aromatic rings. The third-order valence-electron chi connectivity index (χ3n) is 5.20. The second kappa shape index (κ2) is 8.53. The minimum absolute atomic E-state index is 0.128. The first-order valence-electron chi connectivity index (χ1n) is 9.76. The van der Waals surface area contributed by atoms with Crippen LogP contribution in [0.15, 0.2) is 53.1 Å². The van der Waals surface area contributed by atoms with Gasteiger partial charge in [-0.3, -0.25) is 9.69 Å². The Morgan fingerprint density at radius 1 is 1.21 bits per heavy atom. The number of hydrogen-bond donors (Lipinski definition) is 1. The third-order valence-corrected chi connectivity index (χ3v) is 5.20. The van der Waals surface area contributed by atoms with Gasteiger partial charge in [0.15, 0.2) is 0 Å². The largest absolute Gasteiger partial charge is 0.338 e. The van der Waals surface area contributed by atoms with Crippen LogP contribution in [0, 0.1) is 18.7 Å². The van der Waals surface area contributed by atoms with E-state index in [1.807, 2.05) is 37.3 Å². The second-order valence-corrected chi connectivity index (χ2v) is 7.40. The van der Waals surface area contributed by atoms with Crippen molar-refractivity contribution < 1.29 is 13.7 Å². The van der Waals surface area contributed by atoms with E-state index in [1.54, 1.807) is 12.1 Å². The number of hydrogen-bond acceptors (Lipinski definition) is 5. The van der Waals surface area contributed by atoms with E-state index in [-0.39, 0.29) is 17.5 Å². The minimum Gasteiger partial charge on any atom is -0.338 e. The molecule has 0 unspecified atom stereocenters. The fraction of sp³-hybridized carbons (Fsp3) is 0.318. The predicted octanol–water partition coefficient (Wildman–Crippen LogP) is 4.03. The number of carbonyl (C=O) groups excluding carboxylic acids is 1. The molecule has 1 N–H and O–H groups in total. The zero-order chi connectivity index (χ0) is 20.2. The Morgan fingerprint density at radius 2 is 1.97 bits per heavy atom. The molecule has 150 valence electrons. The van der Waals surface area contributed by atoms with Gasteiger partial charge in [0.2, 0.25) is 17.6 Å². The zero-order valence-electron chi connectivity index (χ0n) is 16.3. The van der Waals surface area contributed by atoms with E-state index in [1.165, 1.54) is 6.07 Å². The summed E-state index contributed by atoms with van der Waals surface area (Å²) in [6, 6.07) is 14.5. The summed E-state index contributed by atoms with van der Waals surface area (Å²) in [6.45, 7) is 3.87. The molecule has 0 aliphatic carbocycles. The fourth-order valence-electron chi connectivity index (χ4n) is 3.52. The van der Waals surface area contributed by atoms with Gasteiger partial charge >= 0.3 is 0 Å². The quantitative estimate of drug-likeness (QED) is 0.707. The molecule has 29 heavy (non-hydrogen) atoms. The van der Waals surface area contributed by atoms with Crippen molar-refractivity contribution in [2.45, 2.75) is 26.3 Å². The van der Waals surface area contributed by atoms with Gasteiger partial charge in [-0.1, -0.05) is 41.6 Å². The lowest BCUT2D eigenvalue weighted by Gasteiger charge is -2.30. The standard InChI is InChI=1S/C22H23FN4O2/c1-15-7-8-19(18(23)13-15)24-22(28)17-9-11-27(12-10-17)14-20-25-21(26-29-20)16-5-3-2-4-6-16/h2-8,13,17H,9-12,14H2,1H3,(H,24,28). The summed E-state index contributed by atoms with van der Waals surface area (Å²) in [6.07, 6.45) is 1.41. The number of rotatable bonds is 5. The zero-order valence-corrected chi connectivity index (χ0v) is 16.3. The van der Waals surface area contributed by atoms with Gasteiger partial charge in [-0.05, 0) is 50.6 Å². The smallest absolute Gasteiger partial charge is 0.241 e. The molecule has 1 fully saturated rings. The Hall–Kier alpha value is -3.06. The average Bonchev–Trinajstić information content (AvgIpc) is 3.20. The molecule has 2 heterocycles. The van der Waals surface area contributed by atoms with Crippen molar-refractivity contribution >= 4 is 11.6 Å². The van der Waals surface area contributed by atoms with E-state index in [9.17, 15) is 9.18 Å². The molecule has 1 saturated heterocycles. The first kappa shape index (κ1) is 19.3. The molecule has 0 spiro atoms. The Balaban J connectivity index is 1.29. The van der Waals surface area contributed by atoms with E-state index in [0.717, 1.165) is 24.2 Å². The van der Waals surface area contributed by atoms with Gasteiger partial charge in [0.1, 0.15) is 5.82 Å². The van der Waals surface area contributed by atoms with Crippen molar-refractivity contribution in [3.8, 4) is 11.4 Å². The molecule has 1 aliphatic heterocycles. The number of aromatic nitrogens is 2. The molecular formula is C22H23FN4O2. The molecular weight excluding hydrogens is 371 g/mol. The van der Waals surface area contributed by atoms with Crippen molar-refractivity contribution in [1.29, 1.82) is 0 Å². The van der Waals surface area contributed by atoms with Gasteiger partial charge in [-0.25, -0.2) is 4.39 Å². The predicted molar refractivity (Wildman–Crippen MR) is 108 cm³/mol. The molecule has 0 atom stereocenters. The Morgan fingerprint density at radius 3 is 2.69 bits per heavy atom. The number of carbonyl (C=O) groups is 1. The topological polar surface area (TPSA) is 71.3 Å². The normalized spacial score (nSPS) is 15.4. The Bertz CT molecular complexity index is 981. The maximum absolute atomic E-state index is 14.0. The van der Waals surface area contributed by atoms with Crippen molar-refractivity contribution in [3.05, 3.63) is 65.8 Å². The highest BCUT2D eigenvalue weighted by molar-refractivity contribution is 5.92. The van der Waals surface area contributed by atoms with Crippen LogP contribution in [0.5, 0.6) is 0 Å². The van der Waals surface area contributed by atoms with Crippen molar-refractivity contribution in [1.82, 2.24) is 15.0 Å². The van der Waals surface area contributed by atoms with Gasteiger partial charge in [-0.15, -0.1) is 0 Å². The summed E-state index contributed by atoms with van der Waals surface area (Å²) in [4.78, 5) is 19.1. The van der Waals surface area contributed by atoms with Gasteiger partial charge in [-0.2, -0.15) is 4.98 Å². The van der Waals surface area contributed by atoms with Crippen LogP contribution in [-0.4, -0.2) is 34.0 Å². The van der Waals surface area contributed by atoms with Gasteiger partial charge < -0.3 is 9.84 Å². The number of nitrogens with one attached hydrogen (secondary N) is 1. The summed E-state index contributed by atoms with van der Waals surface area (Å²) >= 11 is 0. The molecule has 0 radical (unpaired) electrons. The second-order valence-electron chi connectivity index (χ2n) is 7.40. The molecule has 7 heteroatoms. The van der Waals surface area contributed by atoms with Crippen LogP contribution in [0.25, 0.3) is 11.4 Å². The minimum atomic E-state index is -0.401. The van der Waals surface area contributed by atoms with Crippen LogP contribution < -0.4 is 5.32 Å². The molecule has 0 bridgehead atoms. The lowest BCUT2D eigenvalue weighted by molar-refractivity contribution is -0.121. The average molecular weight is 394 g/mol. The molecule has 2 aromatic carbocycles. The molecule has 1 aromatic heterocycles. The monoisotopic (exact) mass is 394 g/mol. The number of anilines is 1. The van der Waals surface area contributed by atoms with E-state index < -0.39 is 5.82 Å². The van der Waals surface area contributed by atoms with Crippen LogP contribution in [-0.2, 0) is 11.3 Å². The first-order chi connectivity index (χ1) is 14.1. The Kier molecular flexibility index (Phi) is 5.67. The van der Waals surface area contributed by atoms with Gasteiger partial charge in [0.05, 0.1) is 12.2 Å². The molecule has 0 saturated carbocycles. The highest BCUT2D eigenvalue weighted by atomic mass is 19.1. The van der Waals surface area contributed by atoms with Crippen LogP contribution in [0.2, 0.25) is 0 Å². The summed E-state index contributed by atoms with van der Waals surface area (Å²) in [5, 5.41) is 6.76. The summed E-state index contributed by atoms with van der Waals surface area (Å²) < 4.78 is 19.3. The lowest BCUT2D eigenvalue weighted by atomic mass is 9.95. The maximum Gasteiger partial charge on any atom is 0.241 e. The van der Waals surface area contributed by atoms with E-state index in [4.69, 9.17) is 4.52 Å². The molecule has 1 amide bonds. The summed E-state index contributed by atoms with van der Waals surface area (Å²) in [5.41, 5.74) is 1.98. The van der Waals surface area contributed by atoms with Gasteiger partial charge in [0, 0.05) is 11.5 Å². The number of amides is 1. The number of piperidine rings is 1. The number of likely N-dealkylation sites (tertiary alicyclic amines) is 1. The third kappa shape index (κ3) is 4.68.